The van der Waals surface area contributed by atoms with Gasteiger partial charge in [0.2, 0.25) is 5.91 Å². The van der Waals surface area contributed by atoms with E-state index in [0.29, 0.717) is 25.3 Å². The summed E-state index contributed by atoms with van der Waals surface area (Å²) in [5.41, 5.74) is 1.67. The Balaban J connectivity index is 2.04. The molecular weight excluding hydrogens is 268 g/mol. The molecule has 114 valence electrons. The smallest absolute Gasteiger partial charge is 0.327 e. The number of amides is 1. The molecule has 0 spiro atoms. The normalized spacial score (nSPS) is 17.1. The second kappa shape index (κ2) is 6.72. The second-order valence-electron chi connectivity index (χ2n) is 5.66. The molecule has 1 aromatic rings. The zero-order chi connectivity index (χ0) is 15.4. The van der Waals surface area contributed by atoms with Gasteiger partial charge in [-0.3, -0.25) is 9.69 Å². The first-order valence-corrected chi connectivity index (χ1v) is 7.37. The van der Waals surface area contributed by atoms with Crippen LogP contribution in [0.15, 0.2) is 24.3 Å². The van der Waals surface area contributed by atoms with Crippen LogP contribution in [0.2, 0.25) is 0 Å². The van der Waals surface area contributed by atoms with Gasteiger partial charge in [0.05, 0.1) is 0 Å². The van der Waals surface area contributed by atoms with Crippen LogP contribution in [0.3, 0.4) is 0 Å². The summed E-state index contributed by atoms with van der Waals surface area (Å²) >= 11 is 0. The van der Waals surface area contributed by atoms with Crippen molar-refractivity contribution in [3.63, 3.8) is 0 Å². The molecule has 1 heterocycles. The minimum atomic E-state index is -0.945. The standard InChI is InChI=1S/C16H22N2O3/c1-11(2)17-9-5-8-15(19)18-13-7-4-3-6-12(13)10-14(18)16(20)21/h3-4,6-7,11,14,17H,5,8-10H2,1-2H3,(H,20,21). The Kier molecular flexibility index (Phi) is 4.96. The molecule has 1 atom stereocenters. The molecule has 5 heteroatoms. The van der Waals surface area contributed by atoms with E-state index in [4.69, 9.17) is 0 Å². The first-order chi connectivity index (χ1) is 10.0. The molecule has 0 saturated carbocycles. The number of carboxylic acids is 1. The first kappa shape index (κ1) is 15.5. The number of nitrogens with zero attached hydrogens (tertiary/aromatic N) is 1. The minimum Gasteiger partial charge on any atom is -0.480 e. The van der Waals surface area contributed by atoms with E-state index in [1.807, 2.05) is 24.3 Å². The fourth-order valence-corrected chi connectivity index (χ4v) is 2.64. The lowest BCUT2D eigenvalue weighted by Gasteiger charge is -2.22. The molecule has 1 amide bonds. The average Bonchev–Trinajstić information content (AvgIpc) is 2.83. The molecule has 2 rings (SSSR count). The van der Waals surface area contributed by atoms with E-state index in [-0.39, 0.29) is 5.91 Å². The zero-order valence-electron chi connectivity index (χ0n) is 12.5. The minimum absolute atomic E-state index is 0.113. The topological polar surface area (TPSA) is 69.6 Å². The van der Waals surface area contributed by atoms with Crippen LogP contribution in [0.4, 0.5) is 5.69 Å². The molecule has 1 aliphatic heterocycles. The van der Waals surface area contributed by atoms with E-state index in [9.17, 15) is 14.7 Å². The van der Waals surface area contributed by atoms with Crippen molar-refractivity contribution in [2.24, 2.45) is 0 Å². The maximum atomic E-state index is 12.4. The molecule has 0 saturated heterocycles. The van der Waals surface area contributed by atoms with Crippen LogP contribution in [0.1, 0.15) is 32.3 Å². The summed E-state index contributed by atoms with van der Waals surface area (Å²) in [5, 5.41) is 12.6. The van der Waals surface area contributed by atoms with Crippen LogP contribution in [0, 0.1) is 0 Å². The third-order valence-corrected chi connectivity index (χ3v) is 3.65. The molecule has 0 radical (unpaired) electrons. The third kappa shape index (κ3) is 3.61. The summed E-state index contributed by atoms with van der Waals surface area (Å²) in [6.45, 7) is 4.87. The average molecular weight is 290 g/mol. The Morgan fingerprint density at radius 1 is 1.38 bits per heavy atom. The molecule has 1 aromatic carbocycles. The molecule has 0 aliphatic carbocycles. The van der Waals surface area contributed by atoms with E-state index >= 15 is 0 Å². The number of carboxylic acid groups (broad SMARTS) is 1. The van der Waals surface area contributed by atoms with Crippen LogP contribution in [0.25, 0.3) is 0 Å². The van der Waals surface area contributed by atoms with Crippen LogP contribution < -0.4 is 10.2 Å². The lowest BCUT2D eigenvalue weighted by molar-refractivity contribution is -0.139. The fraction of sp³-hybridized carbons (Fsp3) is 0.500. The van der Waals surface area contributed by atoms with E-state index in [0.717, 1.165) is 17.8 Å². The van der Waals surface area contributed by atoms with Crippen molar-refractivity contribution < 1.29 is 14.7 Å². The molecule has 0 bridgehead atoms. The van der Waals surface area contributed by atoms with Crippen molar-refractivity contribution in [1.29, 1.82) is 0 Å². The number of hydrogen-bond acceptors (Lipinski definition) is 3. The zero-order valence-corrected chi connectivity index (χ0v) is 12.5. The molecule has 0 fully saturated rings. The quantitative estimate of drug-likeness (QED) is 0.784. The fourth-order valence-electron chi connectivity index (χ4n) is 2.64. The van der Waals surface area contributed by atoms with Gasteiger partial charge in [-0.25, -0.2) is 4.79 Å². The van der Waals surface area contributed by atoms with Gasteiger partial charge in [0.15, 0.2) is 0 Å². The highest BCUT2D eigenvalue weighted by Crippen LogP contribution is 2.32. The Labute approximate surface area is 125 Å². The number of fused-ring (bicyclic) bond motifs is 1. The van der Waals surface area contributed by atoms with Gasteiger partial charge in [-0.15, -0.1) is 0 Å². The third-order valence-electron chi connectivity index (χ3n) is 3.65. The van der Waals surface area contributed by atoms with Crippen molar-refractivity contribution in [2.75, 3.05) is 11.4 Å². The molecule has 2 N–H and O–H groups in total. The number of aliphatic carboxylic acids is 1. The Morgan fingerprint density at radius 3 is 2.76 bits per heavy atom. The van der Waals surface area contributed by atoms with Crippen molar-refractivity contribution in [3.05, 3.63) is 29.8 Å². The summed E-state index contributed by atoms with van der Waals surface area (Å²) in [6.07, 6.45) is 1.46. The van der Waals surface area contributed by atoms with Gasteiger partial charge in [-0.05, 0) is 24.6 Å². The number of carbonyl (C=O) groups excluding carboxylic acids is 1. The van der Waals surface area contributed by atoms with E-state index < -0.39 is 12.0 Å². The largest absolute Gasteiger partial charge is 0.480 e. The molecule has 21 heavy (non-hydrogen) atoms. The van der Waals surface area contributed by atoms with Gasteiger partial charge in [0.25, 0.3) is 0 Å². The Morgan fingerprint density at radius 2 is 2.10 bits per heavy atom. The maximum Gasteiger partial charge on any atom is 0.327 e. The van der Waals surface area contributed by atoms with Gasteiger partial charge >= 0.3 is 5.97 Å². The van der Waals surface area contributed by atoms with E-state index in [1.54, 1.807) is 0 Å². The summed E-state index contributed by atoms with van der Waals surface area (Å²) in [7, 11) is 0. The lowest BCUT2D eigenvalue weighted by Crippen LogP contribution is -2.43. The SMILES string of the molecule is CC(C)NCCCC(=O)N1c2ccccc2CC1C(=O)O. The molecule has 0 aromatic heterocycles. The molecule has 1 aliphatic rings. The number of para-hydroxylation sites is 1. The summed E-state index contributed by atoms with van der Waals surface area (Å²) in [4.78, 5) is 25.3. The number of benzene rings is 1. The predicted octanol–water partition coefficient (Wildman–Crippen LogP) is 1.81. The molecule has 5 nitrogen and oxygen atoms in total. The number of hydrogen-bond donors (Lipinski definition) is 2. The molecular formula is C16H22N2O3. The number of anilines is 1. The van der Waals surface area contributed by atoms with Crippen LogP contribution >= 0.6 is 0 Å². The van der Waals surface area contributed by atoms with Crippen molar-refractivity contribution in [2.45, 2.75) is 45.2 Å². The van der Waals surface area contributed by atoms with Gasteiger partial charge in [0, 0.05) is 24.6 Å². The maximum absolute atomic E-state index is 12.4. The Bertz CT molecular complexity index is 528. The molecule has 1 unspecified atom stereocenters. The van der Waals surface area contributed by atoms with Crippen LogP contribution in [0.5, 0.6) is 0 Å². The highest BCUT2D eigenvalue weighted by molar-refractivity contribution is 6.01. The van der Waals surface area contributed by atoms with Gasteiger partial charge in [-0.1, -0.05) is 32.0 Å². The summed E-state index contributed by atoms with van der Waals surface area (Å²) in [5.74, 6) is -1.06. The van der Waals surface area contributed by atoms with Crippen molar-refractivity contribution in [1.82, 2.24) is 5.32 Å². The predicted molar refractivity (Wildman–Crippen MR) is 81.4 cm³/mol. The first-order valence-electron chi connectivity index (χ1n) is 7.37. The number of rotatable bonds is 6. The Hall–Kier alpha value is -1.88. The van der Waals surface area contributed by atoms with Crippen LogP contribution in [-0.4, -0.2) is 35.6 Å². The van der Waals surface area contributed by atoms with Crippen LogP contribution in [-0.2, 0) is 16.0 Å². The highest BCUT2D eigenvalue weighted by Gasteiger charge is 2.37. The number of nitrogens with one attached hydrogen (secondary N) is 1. The highest BCUT2D eigenvalue weighted by atomic mass is 16.4. The number of carbonyl (C=O) groups is 2. The van der Waals surface area contributed by atoms with Gasteiger partial charge in [-0.2, -0.15) is 0 Å². The van der Waals surface area contributed by atoms with Crippen molar-refractivity contribution in [3.8, 4) is 0 Å². The monoisotopic (exact) mass is 290 g/mol. The van der Waals surface area contributed by atoms with Gasteiger partial charge < -0.3 is 10.4 Å². The van der Waals surface area contributed by atoms with Crippen molar-refractivity contribution >= 4 is 17.6 Å². The lowest BCUT2D eigenvalue weighted by atomic mass is 10.1. The van der Waals surface area contributed by atoms with E-state index in [1.165, 1.54) is 4.90 Å². The summed E-state index contributed by atoms with van der Waals surface area (Å²) in [6, 6.07) is 7.04. The van der Waals surface area contributed by atoms with Gasteiger partial charge in [0.1, 0.15) is 6.04 Å². The van der Waals surface area contributed by atoms with E-state index in [2.05, 4.69) is 19.2 Å². The second-order valence-corrected chi connectivity index (χ2v) is 5.66. The summed E-state index contributed by atoms with van der Waals surface area (Å²) < 4.78 is 0.